The largest absolute Gasteiger partial charge is 0.127 e. The minimum absolute atomic E-state index is 0.736. The molecular weight excluding hydrogens is 235 g/mol. The maximum atomic E-state index is 5.62. The van der Waals surface area contributed by atoms with Crippen molar-refractivity contribution in [3.63, 3.8) is 0 Å². The van der Waals surface area contributed by atoms with Gasteiger partial charge in [0.1, 0.15) is 0 Å². The Kier molecular flexibility index (Phi) is 4.10. The van der Waals surface area contributed by atoms with Crippen LogP contribution in [0.4, 0.5) is 0 Å². The van der Waals surface area contributed by atoms with Crippen molar-refractivity contribution in [1.82, 2.24) is 0 Å². The van der Waals surface area contributed by atoms with E-state index in [1.165, 1.54) is 15.6 Å². The van der Waals surface area contributed by atoms with Crippen molar-refractivity contribution < 1.29 is 0 Å². The summed E-state index contributed by atoms with van der Waals surface area (Å²) in [6, 6.07) is 6.43. The van der Waals surface area contributed by atoms with Gasteiger partial charge < -0.3 is 0 Å². The molecule has 1 aromatic rings. The fraction of sp³-hybridized carbons (Fsp3) is 0.400. The first kappa shape index (κ1) is 10.1. The van der Waals surface area contributed by atoms with E-state index in [0.29, 0.717) is 0 Å². The molecule has 0 aromatic heterocycles. The van der Waals surface area contributed by atoms with Crippen molar-refractivity contribution in [3.05, 3.63) is 33.8 Å². The highest BCUT2D eigenvalue weighted by Gasteiger charge is 1.98. The van der Waals surface area contributed by atoms with Crippen molar-refractivity contribution >= 4 is 27.5 Å². The summed E-state index contributed by atoms with van der Waals surface area (Å²) in [6.45, 7) is 2.09. The van der Waals surface area contributed by atoms with Gasteiger partial charge in [-0.05, 0) is 37.0 Å². The molecule has 0 bridgehead atoms. The summed E-state index contributed by atoms with van der Waals surface area (Å²) in [7, 11) is 0. The third-order valence-corrected chi connectivity index (χ3v) is 2.79. The number of rotatable bonds is 3. The Morgan fingerprint density at radius 3 is 2.75 bits per heavy atom. The standard InChI is InChI=1S/C10H12BrCl/c1-8-4-5-9(3-2-6-12)10(11)7-8/h4-5,7H,2-3,6H2,1H3. The minimum Gasteiger partial charge on any atom is -0.127 e. The van der Waals surface area contributed by atoms with Gasteiger partial charge in [0.15, 0.2) is 0 Å². The van der Waals surface area contributed by atoms with Gasteiger partial charge in [-0.15, -0.1) is 11.6 Å². The molecule has 0 radical (unpaired) electrons. The van der Waals surface area contributed by atoms with Crippen molar-refractivity contribution in [3.8, 4) is 0 Å². The molecule has 0 atom stereocenters. The van der Waals surface area contributed by atoms with E-state index in [-0.39, 0.29) is 0 Å². The quantitative estimate of drug-likeness (QED) is 0.710. The van der Waals surface area contributed by atoms with E-state index in [1.54, 1.807) is 0 Å². The highest BCUT2D eigenvalue weighted by atomic mass is 79.9. The molecule has 12 heavy (non-hydrogen) atoms. The number of hydrogen-bond acceptors (Lipinski definition) is 0. The fourth-order valence-corrected chi connectivity index (χ4v) is 1.94. The Bertz CT molecular complexity index is 258. The summed E-state index contributed by atoms with van der Waals surface area (Å²) >= 11 is 9.15. The monoisotopic (exact) mass is 246 g/mol. The molecule has 1 rings (SSSR count). The topological polar surface area (TPSA) is 0 Å². The van der Waals surface area contributed by atoms with Crippen LogP contribution in [0.25, 0.3) is 0 Å². The first-order valence-electron chi connectivity index (χ1n) is 4.05. The van der Waals surface area contributed by atoms with Crippen LogP contribution in [0, 0.1) is 6.92 Å². The Labute approximate surface area is 87.1 Å². The Morgan fingerprint density at radius 2 is 2.17 bits per heavy atom. The number of aryl methyl sites for hydroxylation is 2. The van der Waals surface area contributed by atoms with Crippen molar-refractivity contribution in [2.75, 3.05) is 5.88 Å². The minimum atomic E-state index is 0.736. The van der Waals surface area contributed by atoms with Crippen LogP contribution in [0.2, 0.25) is 0 Å². The summed E-state index contributed by atoms with van der Waals surface area (Å²) in [6.07, 6.45) is 2.10. The lowest BCUT2D eigenvalue weighted by atomic mass is 10.1. The molecule has 0 aliphatic carbocycles. The zero-order valence-corrected chi connectivity index (χ0v) is 9.45. The number of benzene rings is 1. The predicted molar refractivity (Wildman–Crippen MR) is 57.9 cm³/mol. The van der Waals surface area contributed by atoms with Gasteiger partial charge >= 0.3 is 0 Å². The number of alkyl halides is 1. The molecule has 0 heterocycles. The highest BCUT2D eigenvalue weighted by Crippen LogP contribution is 2.19. The van der Waals surface area contributed by atoms with Gasteiger partial charge in [-0.3, -0.25) is 0 Å². The SMILES string of the molecule is Cc1ccc(CCCCl)c(Br)c1. The van der Waals surface area contributed by atoms with Crippen molar-refractivity contribution in [1.29, 1.82) is 0 Å². The summed E-state index contributed by atoms with van der Waals surface area (Å²) in [5, 5.41) is 0. The molecule has 0 unspecified atom stereocenters. The molecule has 1 aromatic carbocycles. The van der Waals surface area contributed by atoms with Gasteiger partial charge in [0.2, 0.25) is 0 Å². The zero-order chi connectivity index (χ0) is 8.97. The van der Waals surface area contributed by atoms with E-state index in [1.807, 2.05) is 0 Å². The molecule has 0 aliphatic heterocycles. The second kappa shape index (κ2) is 4.88. The lowest BCUT2D eigenvalue weighted by Crippen LogP contribution is -1.88. The smallest absolute Gasteiger partial charge is 0.0226 e. The van der Waals surface area contributed by atoms with Crippen LogP contribution in [0.5, 0.6) is 0 Å². The van der Waals surface area contributed by atoms with Crippen LogP contribution in [0.1, 0.15) is 17.5 Å². The van der Waals surface area contributed by atoms with Crippen LogP contribution in [-0.4, -0.2) is 5.88 Å². The molecule has 0 spiro atoms. The van der Waals surface area contributed by atoms with E-state index >= 15 is 0 Å². The summed E-state index contributed by atoms with van der Waals surface area (Å²) in [5.41, 5.74) is 2.64. The highest BCUT2D eigenvalue weighted by molar-refractivity contribution is 9.10. The second-order valence-corrected chi connectivity index (χ2v) is 4.12. The van der Waals surface area contributed by atoms with Crippen LogP contribution in [0.15, 0.2) is 22.7 Å². The number of halogens is 2. The molecule has 2 heteroatoms. The summed E-state index contributed by atoms with van der Waals surface area (Å²) < 4.78 is 1.20. The third kappa shape index (κ3) is 2.80. The van der Waals surface area contributed by atoms with Crippen molar-refractivity contribution in [2.24, 2.45) is 0 Å². The molecule has 0 N–H and O–H groups in total. The van der Waals surface area contributed by atoms with Crippen LogP contribution >= 0.6 is 27.5 Å². The fourth-order valence-electron chi connectivity index (χ4n) is 1.11. The average molecular weight is 248 g/mol. The van der Waals surface area contributed by atoms with Crippen molar-refractivity contribution in [2.45, 2.75) is 19.8 Å². The van der Waals surface area contributed by atoms with Crippen LogP contribution in [-0.2, 0) is 6.42 Å². The van der Waals surface area contributed by atoms with Crippen LogP contribution in [0.3, 0.4) is 0 Å². The third-order valence-electron chi connectivity index (χ3n) is 1.79. The van der Waals surface area contributed by atoms with Gasteiger partial charge in [-0.1, -0.05) is 28.1 Å². The molecule has 0 fully saturated rings. The molecule has 0 aliphatic rings. The van der Waals surface area contributed by atoms with Gasteiger partial charge in [-0.2, -0.15) is 0 Å². The maximum absolute atomic E-state index is 5.62. The first-order chi connectivity index (χ1) is 5.74. The lowest BCUT2D eigenvalue weighted by Gasteiger charge is -2.03. The second-order valence-electron chi connectivity index (χ2n) is 2.89. The molecular formula is C10H12BrCl. The van der Waals surface area contributed by atoms with E-state index in [0.717, 1.165) is 18.7 Å². The summed E-state index contributed by atoms with van der Waals surface area (Å²) in [5.74, 6) is 0.736. The molecule has 0 amide bonds. The van der Waals surface area contributed by atoms with Gasteiger partial charge in [0.05, 0.1) is 0 Å². The van der Waals surface area contributed by atoms with E-state index in [9.17, 15) is 0 Å². The van der Waals surface area contributed by atoms with Gasteiger partial charge in [0.25, 0.3) is 0 Å². The molecule has 0 saturated heterocycles. The molecule has 66 valence electrons. The van der Waals surface area contributed by atoms with Gasteiger partial charge in [0, 0.05) is 10.4 Å². The Balaban J connectivity index is 2.72. The summed E-state index contributed by atoms with van der Waals surface area (Å²) in [4.78, 5) is 0. The van der Waals surface area contributed by atoms with E-state index < -0.39 is 0 Å². The van der Waals surface area contributed by atoms with Crippen LogP contribution < -0.4 is 0 Å². The predicted octanol–water partition coefficient (Wildman–Crippen LogP) is 3.93. The average Bonchev–Trinajstić information content (AvgIpc) is 2.03. The van der Waals surface area contributed by atoms with E-state index in [2.05, 4.69) is 41.1 Å². The van der Waals surface area contributed by atoms with E-state index in [4.69, 9.17) is 11.6 Å². The Hall–Kier alpha value is -0.0100. The Morgan fingerprint density at radius 1 is 1.42 bits per heavy atom. The molecule has 0 nitrogen and oxygen atoms in total. The first-order valence-corrected chi connectivity index (χ1v) is 5.38. The maximum Gasteiger partial charge on any atom is 0.0226 e. The zero-order valence-electron chi connectivity index (χ0n) is 7.11. The lowest BCUT2D eigenvalue weighted by molar-refractivity contribution is 0.923. The normalized spacial score (nSPS) is 10.2. The van der Waals surface area contributed by atoms with Gasteiger partial charge in [-0.25, -0.2) is 0 Å². The number of hydrogen-bond donors (Lipinski definition) is 0. The molecule has 0 saturated carbocycles.